The Hall–Kier alpha value is -2.16. The molecule has 0 unspecified atom stereocenters. The molecule has 1 aromatic heterocycles. The van der Waals surface area contributed by atoms with E-state index in [0.717, 1.165) is 35.4 Å². The minimum absolute atomic E-state index is 0.639. The first-order chi connectivity index (χ1) is 18.3. The average Bonchev–Trinajstić information content (AvgIpc) is 2.94. The van der Waals surface area contributed by atoms with Crippen LogP contribution in [0.5, 0.6) is 5.75 Å². The van der Waals surface area contributed by atoms with Crippen molar-refractivity contribution in [1.82, 2.24) is 9.97 Å². The Morgan fingerprint density at radius 1 is 0.757 bits per heavy atom. The van der Waals surface area contributed by atoms with Gasteiger partial charge in [-0.05, 0) is 80.2 Å². The molecule has 0 bridgehead atoms. The highest BCUT2D eigenvalue weighted by atomic mass is 16.5. The molecule has 2 aromatic rings. The van der Waals surface area contributed by atoms with Gasteiger partial charge in [0.05, 0.1) is 0 Å². The van der Waals surface area contributed by atoms with Gasteiger partial charge in [-0.2, -0.15) is 0 Å². The van der Waals surface area contributed by atoms with Crippen LogP contribution in [-0.2, 0) is 6.42 Å². The van der Waals surface area contributed by atoms with E-state index in [4.69, 9.17) is 4.74 Å². The van der Waals surface area contributed by atoms with E-state index in [2.05, 4.69) is 48.1 Å². The molecule has 1 aliphatic carbocycles. The van der Waals surface area contributed by atoms with Crippen LogP contribution in [0.15, 0.2) is 48.8 Å². The molecule has 1 saturated carbocycles. The summed E-state index contributed by atoms with van der Waals surface area (Å²) in [5.41, 5.74) is 2.28. The van der Waals surface area contributed by atoms with E-state index in [1.165, 1.54) is 108 Å². The van der Waals surface area contributed by atoms with E-state index in [1.54, 1.807) is 0 Å². The Balaban J connectivity index is 1.30. The Morgan fingerprint density at radius 3 is 2.05 bits per heavy atom. The molecule has 1 aromatic carbocycles. The standard InChI is InChI=1S/C34H52N2O/c1-3-5-7-8-9-10-11-13-16-31-27-35-34(36-28-31)32-22-24-33(25-23-32)37-26-14-17-30-20-18-29(19-21-30)15-12-6-4-2/h14,17,22-25,27-30H,3-13,15-16,18-21,26H2,1-2H3/t29-,30-. The third kappa shape index (κ3) is 11.8. The van der Waals surface area contributed by atoms with Crippen molar-refractivity contribution < 1.29 is 4.74 Å². The number of aryl methyl sites for hydroxylation is 1. The maximum Gasteiger partial charge on any atom is 0.159 e. The fourth-order valence-corrected chi connectivity index (χ4v) is 5.54. The van der Waals surface area contributed by atoms with Crippen molar-refractivity contribution in [3.63, 3.8) is 0 Å². The van der Waals surface area contributed by atoms with Gasteiger partial charge in [-0.3, -0.25) is 0 Å². The molecule has 0 amide bonds. The largest absolute Gasteiger partial charge is 0.490 e. The molecule has 0 radical (unpaired) electrons. The van der Waals surface area contributed by atoms with Crippen molar-refractivity contribution in [3.05, 3.63) is 54.4 Å². The van der Waals surface area contributed by atoms with Crippen molar-refractivity contribution in [2.24, 2.45) is 11.8 Å². The highest BCUT2D eigenvalue weighted by Gasteiger charge is 2.18. The average molecular weight is 505 g/mol. The molecular weight excluding hydrogens is 452 g/mol. The Kier molecular flexibility index (Phi) is 14.4. The molecule has 0 atom stereocenters. The molecule has 0 N–H and O–H groups in total. The lowest BCUT2D eigenvalue weighted by Crippen LogP contribution is -2.13. The molecule has 0 spiro atoms. The van der Waals surface area contributed by atoms with Crippen LogP contribution in [0.4, 0.5) is 0 Å². The summed E-state index contributed by atoms with van der Waals surface area (Å²) in [5, 5.41) is 0. The molecule has 3 nitrogen and oxygen atoms in total. The summed E-state index contributed by atoms with van der Waals surface area (Å²) in [7, 11) is 0. The van der Waals surface area contributed by atoms with Crippen molar-refractivity contribution in [3.8, 4) is 17.1 Å². The molecule has 204 valence electrons. The third-order valence-corrected chi connectivity index (χ3v) is 8.00. The van der Waals surface area contributed by atoms with E-state index in [1.807, 2.05) is 24.5 Å². The van der Waals surface area contributed by atoms with Crippen LogP contribution >= 0.6 is 0 Å². The Morgan fingerprint density at radius 2 is 1.38 bits per heavy atom. The second kappa shape index (κ2) is 18.2. The van der Waals surface area contributed by atoms with Gasteiger partial charge in [0.25, 0.3) is 0 Å². The third-order valence-electron chi connectivity index (χ3n) is 8.00. The molecular formula is C34H52N2O. The predicted octanol–water partition coefficient (Wildman–Crippen LogP) is 10.1. The van der Waals surface area contributed by atoms with Crippen molar-refractivity contribution in [1.29, 1.82) is 0 Å². The molecule has 37 heavy (non-hydrogen) atoms. The molecule has 1 heterocycles. The molecule has 1 aliphatic rings. The molecule has 0 saturated heterocycles. The van der Waals surface area contributed by atoms with Crippen LogP contribution in [0.25, 0.3) is 11.4 Å². The Labute approximate surface area is 227 Å². The highest BCUT2D eigenvalue weighted by molar-refractivity contribution is 5.55. The van der Waals surface area contributed by atoms with Gasteiger partial charge in [0, 0.05) is 18.0 Å². The lowest BCUT2D eigenvalue weighted by atomic mass is 9.79. The Bertz CT molecular complexity index is 850. The van der Waals surface area contributed by atoms with Crippen LogP contribution in [0.3, 0.4) is 0 Å². The van der Waals surface area contributed by atoms with Gasteiger partial charge in [-0.1, -0.05) is 96.6 Å². The number of rotatable bonds is 18. The summed E-state index contributed by atoms with van der Waals surface area (Å²) >= 11 is 0. The summed E-state index contributed by atoms with van der Waals surface area (Å²) in [5.74, 6) is 3.40. The zero-order valence-electron chi connectivity index (χ0n) is 23.8. The monoisotopic (exact) mass is 504 g/mol. The lowest BCUT2D eigenvalue weighted by molar-refractivity contribution is 0.288. The first-order valence-electron chi connectivity index (χ1n) is 15.5. The number of unbranched alkanes of at least 4 members (excludes halogenated alkanes) is 9. The maximum atomic E-state index is 5.96. The quantitative estimate of drug-likeness (QED) is 0.150. The molecule has 3 heteroatoms. The number of aromatic nitrogens is 2. The van der Waals surface area contributed by atoms with Crippen LogP contribution in [0, 0.1) is 11.8 Å². The van der Waals surface area contributed by atoms with Crippen LogP contribution in [0.1, 0.15) is 122 Å². The van der Waals surface area contributed by atoms with E-state index in [-0.39, 0.29) is 0 Å². The zero-order chi connectivity index (χ0) is 26.0. The highest BCUT2D eigenvalue weighted by Crippen LogP contribution is 2.32. The van der Waals surface area contributed by atoms with Gasteiger partial charge in [0.1, 0.15) is 12.4 Å². The smallest absolute Gasteiger partial charge is 0.159 e. The second-order valence-electron chi connectivity index (χ2n) is 11.2. The number of allylic oxidation sites excluding steroid dienone is 1. The van der Waals surface area contributed by atoms with Crippen LogP contribution in [0.2, 0.25) is 0 Å². The fourth-order valence-electron chi connectivity index (χ4n) is 5.54. The normalized spacial score (nSPS) is 17.9. The number of ether oxygens (including phenoxy) is 1. The number of benzene rings is 1. The van der Waals surface area contributed by atoms with Gasteiger partial charge in [0.2, 0.25) is 0 Å². The van der Waals surface area contributed by atoms with E-state index < -0.39 is 0 Å². The fraction of sp³-hybridized carbons (Fsp3) is 0.647. The predicted molar refractivity (Wildman–Crippen MR) is 158 cm³/mol. The zero-order valence-corrected chi connectivity index (χ0v) is 23.8. The summed E-state index contributed by atoms with van der Waals surface area (Å²) in [4.78, 5) is 9.23. The summed E-state index contributed by atoms with van der Waals surface area (Å²) in [6.07, 6.45) is 31.6. The number of nitrogens with zero attached hydrogens (tertiary/aromatic N) is 2. The van der Waals surface area contributed by atoms with Gasteiger partial charge >= 0.3 is 0 Å². The maximum absolute atomic E-state index is 5.96. The van der Waals surface area contributed by atoms with Crippen LogP contribution in [-0.4, -0.2) is 16.6 Å². The van der Waals surface area contributed by atoms with Crippen molar-refractivity contribution in [2.75, 3.05) is 6.61 Å². The van der Waals surface area contributed by atoms with Gasteiger partial charge < -0.3 is 4.74 Å². The summed E-state index contributed by atoms with van der Waals surface area (Å²) < 4.78 is 5.96. The first kappa shape index (κ1) is 29.4. The van der Waals surface area contributed by atoms with E-state index >= 15 is 0 Å². The van der Waals surface area contributed by atoms with Crippen molar-refractivity contribution >= 4 is 0 Å². The summed E-state index contributed by atoms with van der Waals surface area (Å²) in [6.45, 7) is 5.21. The minimum Gasteiger partial charge on any atom is -0.490 e. The summed E-state index contributed by atoms with van der Waals surface area (Å²) in [6, 6.07) is 8.18. The number of hydrogen-bond donors (Lipinski definition) is 0. The molecule has 0 aliphatic heterocycles. The first-order valence-corrected chi connectivity index (χ1v) is 15.5. The van der Waals surface area contributed by atoms with Crippen molar-refractivity contribution in [2.45, 2.75) is 123 Å². The van der Waals surface area contributed by atoms with Gasteiger partial charge in [-0.15, -0.1) is 0 Å². The van der Waals surface area contributed by atoms with Gasteiger partial charge in [0.15, 0.2) is 5.82 Å². The topological polar surface area (TPSA) is 35.0 Å². The SMILES string of the molecule is CCCCCCCCCCc1cnc(-c2ccc(OCC=C[C@H]3CC[C@H](CCCCC)CC3)cc2)nc1. The van der Waals surface area contributed by atoms with E-state index in [0.29, 0.717) is 6.61 Å². The number of hydrogen-bond acceptors (Lipinski definition) is 3. The molecule has 1 fully saturated rings. The van der Waals surface area contributed by atoms with E-state index in [9.17, 15) is 0 Å². The van der Waals surface area contributed by atoms with Gasteiger partial charge in [-0.25, -0.2) is 9.97 Å². The van der Waals surface area contributed by atoms with Crippen LogP contribution < -0.4 is 4.74 Å². The minimum atomic E-state index is 0.639. The lowest BCUT2D eigenvalue weighted by Gasteiger charge is -2.26. The second-order valence-corrected chi connectivity index (χ2v) is 11.2. The molecule has 3 rings (SSSR count).